The first-order valence-electron chi connectivity index (χ1n) is 12.0. The summed E-state index contributed by atoms with van der Waals surface area (Å²) in [5, 5.41) is 19.3. The van der Waals surface area contributed by atoms with Gasteiger partial charge in [-0.25, -0.2) is 0 Å². The Morgan fingerprint density at radius 3 is 2.51 bits per heavy atom. The van der Waals surface area contributed by atoms with Crippen LogP contribution in [0.4, 0.5) is 0 Å². The molecule has 1 aliphatic heterocycles. The van der Waals surface area contributed by atoms with Gasteiger partial charge in [0.2, 0.25) is 16.9 Å². The van der Waals surface area contributed by atoms with Gasteiger partial charge in [-0.1, -0.05) is 18.2 Å². The quantitative estimate of drug-likeness (QED) is 0.326. The van der Waals surface area contributed by atoms with Gasteiger partial charge in [0.05, 0.1) is 6.42 Å². The van der Waals surface area contributed by atoms with E-state index in [9.17, 15) is 9.59 Å². The minimum Gasteiger partial charge on any atom is -0.481 e. The molecule has 0 saturated heterocycles. The summed E-state index contributed by atoms with van der Waals surface area (Å²) in [5.41, 5.74) is 3.69. The molecule has 7 nitrogen and oxygen atoms in total. The van der Waals surface area contributed by atoms with E-state index >= 15 is 0 Å². The van der Waals surface area contributed by atoms with Crippen LogP contribution >= 0.6 is 0 Å². The molecule has 2 aromatic heterocycles. The number of aromatic nitrogens is 2. The molecule has 0 saturated carbocycles. The first-order chi connectivity index (χ1) is 18.0. The zero-order valence-corrected chi connectivity index (χ0v) is 20.4. The van der Waals surface area contributed by atoms with Crippen molar-refractivity contribution < 1.29 is 28.9 Å². The fourth-order valence-corrected chi connectivity index (χ4v) is 4.06. The number of aliphatic carboxylic acids is 2. The number of para-hydroxylation sites is 1. The summed E-state index contributed by atoms with van der Waals surface area (Å²) in [6.45, 7) is 0.742. The molecule has 0 radical (unpaired) electrons. The summed E-state index contributed by atoms with van der Waals surface area (Å²) < 4.78 is 4.01. The van der Waals surface area contributed by atoms with Crippen molar-refractivity contribution in [3.8, 4) is 0 Å². The molecule has 2 N–H and O–H groups in total. The lowest BCUT2D eigenvalue weighted by Gasteiger charge is -2.22. The number of allylic oxidation sites excluding steroid dienone is 7. The molecule has 7 heteroatoms. The van der Waals surface area contributed by atoms with Crippen molar-refractivity contribution in [2.75, 3.05) is 6.54 Å². The maximum Gasteiger partial charge on any atom is 0.309 e. The Balaban J connectivity index is 1.75. The van der Waals surface area contributed by atoms with Crippen LogP contribution in [0, 0.1) is 0 Å². The van der Waals surface area contributed by atoms with E-state index in [1.807, 2.05) is 107 Å². The standard InChI is InChI=1S/C30H27N3O4/c34-29(35)17-22-31-19-5-3-10-25(31)13-15-27(33-21-7-9-24-8-1-2-12-28(24)33)16-14-26-11-4-6-20-32(26)23-18-30(36)37/h1-16,19-21H,17-18,22-23H2/p+2. The fourth-order valence-electron chi connectivity index (χ4n) is 4.06. The summed E-state index contributed by atoms with van der Waals surface area (Å²) >= 11 is 0. The van der Waals surface area contributed by atoms with Crippen LogP contribution in [0.2, 0.25) is 0 Å². The smallest absolute Gasteiger partial charge is 0.309 e. The molecule has 0 unspecified atom stereocenters. The number of carbonyl (C=O) groups is 2. The largest absolute Gasteiger partial charge is 0.481 e. The van der Waals surface area contributed by atoms with E-state index in [0.29, 0.717) is 13.1 Å². The summed E-state index contributed by atoms with van der Waals surface area (Å²) in [5.74, 6) is -1.68. The molecule has 1 aromatic carbocycles. The Hall–Kier alpha value is -4.78. The lowest BCUT2D eigenvalue weighted by atomic mass is 10.2. The Morgan fingerprint density at radius 2 is 1.68 bits per heavy atom. The van der Waals surface area contributed by atoms with E-state index in [-0.39, 0.29) is 12.8 Å². The van der Waals surface area contributed by atoms with Crippen LogP contribution < -0.4 is 9.13 Å². The van der Waals surface area contributed by atoms with Crippen molar-refractivity contribution in [2.24, 2.45) is 0 Å². The van der Waals surface area contributed by atoms with Crippen molar-refractivity contribution in [3.05, 3.63) is 121 Å². The van der Waals surface area contributed by atoms with Crippen LogP contribution in [-0.2, 0) is 16.1 Å². The minimum atomic E-state index is -0.841. The predicted molar refractivity (Wildman–Crippen MR) is 142 cm³/mol. The lowest BCUT2D eigenvalue weighted by molar-refractivity contribution is -0.697. The van der Waals surface area contributed by atoms with Gasteiger partial charge in [-0.3, -0.25) is 9.59 Å². The monoisotopic (exact) mass is 495 g/mol. The second kappa shape index (κ2) is 12.3. The summed E-state index contributed by atoms with van der Waals surface area (Å²) in [4.78, 5) is 24.1. The number of pyridine rings is 2. The van der Waals surface area contributed by atoms with E-state index in [0.717, 1.165) is 28.0 Å². The highest BCUT2D eigenvalue weighted by atomic mass is 16.4. The maximum atomic E-state index is 11.1. The Bertz CT molecular complexity index is 1440. The highest BCUT2D eigenvalue weighted by Gasteiger charge is 2.15. The Labute approximate surface area is 215 Å². The van der Waals surface area contributed by atoms with Crippen molar-refractivity contribution in [2.45, 2.75) is 19.4 Å². The number of nitrogens with zero attached hydrogens (tertiary/aromatic N) is 3. The highest BCUT2D eigenvalue weighted by molar-refractivity contribution is 5.77. The molecule has 0 bridgehead atoms. The van der Waals surface area contributed by atoms with Gasteiger partial charge in [0.25, 0.3) is 0 Å². The van der Waals surface area contributed by atoms with Gasteiger partial charge in [-0.15, -0.1) is 0 Å². The van der Waals surface area contributed by atoms with Gasteiger partial charge in [0.1, 0.15) is 6.42 Å². The van der Waals surface area contributed by atoms with Crippen LogP contribution in [0.1, 0.15) is 18.5 Å². The molecule has 0 aliphatic carbocycles. The van der Waals surface area contributed by atoms with Crippen LogP contribution in [0.3, 0.4) is 0 Å². The molecule has 0 spiro atoms. The van der Waals surface area contributed by atoms with Gasteiger partial charge < -0.3 is 15.1 Å². The molecule has 1 aliphatic rings. The van der Waals surface area contributed by atoms with Gasteiger partial charge in [-0.05, 0) is 36.4 Å². The van der Waals surface area contributed by atoms with Gasteiger partial charge >= 0.3 is 11.9 Å². The van der Waals surface area contributed by atoms with E-state index < -0.39 is 11.9 Å². The third-order valence-electron chi connectivity index (χ3n) is 5.92. The van der Waals surface area contributed by atoms with Crippen molar-refractivity contribution >= 4 is 34.6 Å². The average molecular weight is 496 g/mol. The number of carboxylic acids is 2. The summed E-state index contributed by atoms with van der Waals surface area (Å²) in [6.07, 6.45) is 19.5. The molecular formula is C30H29N3O4+2. The van der Waals surface area contributed by atoms with E-state index in [2.05, 4.69) is 22.8 Å². The molecule has 0 amide bonds. The van der Waals surface area contributed by atoms with Gasteiger partial charge in [0, 0.05) is 66.3 Å². The van der Waals surface area contributed by atoms with Crippen LogP contribution in [0.25, 0.3) is 22.7 Å². The number of hydrogen-bond donors (Lipinski definition) is 2. The molecule has 3 heterocycles. The zero-order chi connectivity index (χ0) is 26.0. The first-order valence-corrected chi connectivity index (χ1v) is 12.0. The number of aryl methyl sites for hydroxylation is 1. The normalized spacial score (nSPS) is 14.6. The molecule has 0 atom stereocenters. The molecule has 37 heavy (non-hydrogen) atoms. The molecule has 0 fully saturated rings. The summed E-state index contributed by atoms with van der Waals surface area (Å²) in [7, 11) is 0. The Morgan fingerprint density at radius 1 is 0.892 bits per heavy atom. The second-order valence-corrected chi connectivity index (χ2v) is 8.45. The van der Waals surface area contributed by atoms with Gasteiger partial charge in [-0.2, -0.15) is 9.13 Å². The van der Waals surface area contributed by atoms with E-state index in [4.69, 9.17) is 10.2 Å². The fraction of sp³-hybridized carbons (Fsp3) is 0.133. The van der Waals surface area contributed by atoms with Crippen molar-refractivity contribution in [3.63, 3.8) is 0 Å². The second-order valence-electron chi connectivity index (χ2n) is 8.45. The number of rotatable bonds is 10. The number of benzene rings is 1. The molecule has 3 aromatic rings. The average Bonchev–Trinajstić information content (AvgIpc) is 2.91. The molecule has 186 valence electrons. The number of hydrogen-bond acceptors (Lipinski definition) is 3. The predicted octanol–water partition coefficient (Wildman–Crippen LogP) is 4.19. The highest BCUT2D eigenvalue weighted by Crippen LogP contribution is 2.16. The van der Waals surface area contributed by atoms with Crippen molar-refractivity contribution in [1.29, 1.82) is 0 Å². The number of fused-ring (bicyclic) bond motifs is 1. The Kier molecular flexibility index (Phi) is 8.39. The third-order valence-corrected chi connectivity index (χ3v) is 5.92. The summed E-state index contributed by atoms with van der Waals surface area (Å²) in [6, 6.07) is 17.9. The number of carboxylic acid groups (broad SMARTS) is 2. The topological polar surface area (TPSA) is 85.6 Å². The lowest BCUT2D eigenvalue weighted by Crippen LogP contribution is -2.37. The first kappa shape index (κ1) is 25.3. The minimum absolute atomic E-state index is 0.0361. The van der Waals surface area contributed by atoms with Crippen LogP contribution in [-0.4, -0.2) is 33.6 Å². The molecular weight excluding hydrogens is 466 g/mol. The SMILES string of the molecule is O=C(O)CCN1C=CC=CC1=C/C=C(/C=C/c1cccc[n+]1CCC(=O)O)[n+]1cccc2ccccc21. The molecule has 4 rings (SSSR count). The zero-order valence-electron chi connectivity index (χ0n) is 20.4. The van der Waals surface area contributed by atoms with E-state index in [1.165, 1.54) is 0 Å². The maximum absolute atomic E-state index is 11.1. The van der Waals surface area contributed by atoms with Crippen molar-refractivity contribution in [1.82, 2.24) is 4.90 Å². The van der Waals surface area contributed by atoms with Crippen LogP contribution in [0.15, 0.2) is 115 Å². The van der Waals surface area contributed by atoms with Crippen LogP contribution in [0.5, 0.6) is 0 Å². The third kappa shape index (κ3) is 6.89. The van der Waals surface area contributed by atoms with Gasteiger partial charge in [0.15, 0.2) is 18.9 Å². The van der Waals surface area contributed by atoms with E-state index in [1.54, 1.807) is 0 Å².